The Kier molecular flexibility index (Phi) is 7.66. The average Bonchev–Trinajstić information content (AvgIpc) is 2.94. The summed E-state index contributed by atoms with van der Waals surface area (Å²) in [6.45, 7) is 0.132. The number of nitrogens with one attached hydrogen (secondary N) is 1. The molecule has 1 unspecified atom stereocenters. The van der Waals surface area contributed by atoms with Gasteiger partial charge in [-0.15, -0.1) is 6.42 Å². The minimum Gasteiger partial charge on any atom is -0.481 e. The average molecular weight is 540 g/mol. The van der Waals surface area contributed by atoms with Crippen LogP contribution >= 0.6 is 0 Å². The van der Waals surface area contributed by atoms with Gasteiger partial charge in [-0.2, -0.15) is 5.01 Å². The smallest absolute Gasteiger partial charge is 0.334 e. The number of hydrogen-bond acceptors (Lipinski definition) is 5. The molecule has 2 saturated heterocycles. The van der Waals surface area contributed by atoms with Gasteiger partial charge >= 0.3 is 12.0 Å². The molecule has 0 radical (unpaired) electrons. The van der Waals surface area contributed by atoms with Gasteiger partial charge in [0.2, 0.25) is 11.8 Å². The fourth-order valence-electron chi connectivity index (χ4n) is 5.44. The molecule has 5 rings (SSSR count). The van der Waals surface area contributed by atoms with Gasteiger partial charge in [-0.1, -0.05) is 78.7 Å². The van der Waals surface area contributed by atoms with Crippen molar-refractivity contribution in [3.05, 3.63) is 83.9 Å². The molecule has 2 heterocycles. The molecule has 2 atom stereocenters. The predicted octanol–water partition coefficient (Wildman–Crippen LogP) is 2.26. The van der Waals surface area contributed by atoms with Crippen LogP contribution in [-0.4, -0.2) is 80.6 Å². The number of fused-ring (bicyclic) bond motifs is 2. The van der Waals surface area contributed by atoms with E-state index in [1.165, 1.54) is 19.8 Å². The zero-order valence-electron chi connectivity index (χ0n) is 21.8. The monoisotopic (exact) mass is 539 g/mol. The standard InChI is InChI=1S/C30H29N5O5/c1-2-15-33-20-27(36)34-25(16-28(37)38)29(39)32(18-23-13-8-12-22-11-6-7-14-24(22)23)19-26(34)35(33)30(40)31-17-21-9-4-3-5-10-21/h1,3-14,25-26H,15-20H2,(H,31,40)(H,37,38)/t25?,26-/m0/s1. The Morgan fingerprint density at radius 2 is 1.73 bits per heavy atom. The molecule has 3 aromatic carbocycles. The highest BCUT2D eigenvalue weighted by Crippen LogP contribution is 2.30. The molecule has 10 nitrogen and oxygen atoms in total. The topological polar surface area (TPSA) is 114 Å². The molecule has 0 saturated carbocycles. The van der Waals surface area contributed by atoms with Crippen LogP contribution in [0, 0.1) is 12.3 Å². The molecule has 3 aromatic rings. The number of urea groups is 1. The van der Waals surface area contributed by atoms with Crippen molar-refractivity contribution in [1.82, 2.24) is 25.1 Å². The highest BCUT2D eigenvalue weighted by molar-refractivity contribution is 5.94. The normalized spacial score (nSPS) is 19.3. The highest BCUT2D eigenvalue weighted by atomic mass is 16.4. The number of terminal acetylenes is 1. The number of hydrogen-bond donors (Lipinski definition) is 2. The van der Waals surface area contributed by atoms with Gasteiger partial charge in [-0.05, 0) is 21.9 Å². The number of carboxylic acid groups (broad SMARTS) is 1. The summed E-state index contributed by atoms with van der Waals surface area (Å²) in [5.74, 6) is 0.337. The van der Waals surface area contributed by atoms with E-state index in [2.05, 4.69) is 11.2 Å². The van der Waals surface area contributed by atoms with E-state index in [4.69, 9.17) is 6.42 Å². The van der Waals surface area contributed by atoms with Gasteiger partial charge in [-0.3, -0.25) is 14.4 Å². The summed E-state index contributed by atoms with van der Waals surface area (Å²) in [5.41, 5.74) is 1.75. The number of benzene rings is 3. The molecule has 0 aromatic heterocycles. The van der Waals surface area contributed by atoms with E-state index in [1.54, 1.807) is 0 Å². The number of aliphatic carboxylic acids is 1. The SMILES string of the molecule is C#CCN1CC(=O)N2C(CC(=O)O)C(=O)N(Cc3cccc4ccccc34)C[C@@H]2N1C(=O)NCc1ccccc1. The Morgan fingerprint density at radius 1 is 1.00 bits per heavy atom. The summed E-state index contributed by atoms with van der Waals surface area (Å²) < 4.78 is 0. The van der Waals surface area contributed by atoms with Gasteiger partial charge in [0.05, 0.1) is 26.1 Å². The molecular weight excluding hydrogens is 510 g/mol. The molecule has 0 aliphatic carbocycles. The lowest BCUT2D eigenvalue weighted by molar-refractivity contribution is -0.190. The zero-order valence-corrected chi connectivity index (χ0v) is 21.8. The number of nitrogens with zero attached hydrogens (tertiary/aromatic N) is 4. The molecule has 2 N–H and O–H groups in total. The van der Waals surface area contributed by atoms with Crippen molar-refractivity contribution < 1.29 is 24.3 Å². The Morgan fingerprint density at radius 3 is 2.48 bits per heavy atom. The Balaban J connectivity index is 1.49. The lowest BCUT2D eigenvalue weighted by Crippen LogP contribution is -2.76. The molecule has 204 valence electrons. The number of rotatable bonds is 7. The molecule has 2 fully saturated rings. The summed E-state index contributed by atoms with van der Waals surface area (Å²) in [6, 6.07) is 21.1. The van der Waals surface area contributed by atoms with Gasteiger partial charge in [0, 0.05) is 13.1 Å². The fraction of sp³-hybridized carbons (Fsp3) is 0.267. The summed E-state index contributed by atoms with van der Waals surface area (Å²) in [6.07, 6.45) is 4.06. The first-order chi connectivity index (χ1) is 19.4. The van der Waals surface area contributed by atoms with Gasteiger partial charge in [0.25, 0.3) is 0 Å². The van der Waals surface area contributed by atoms with Crippen molar-refractivity contribution in [1.29, 1.82) is 0 Å². The minimum atomic E-state index is -1.27. The van der Waals surface area contributed by atoms with E-state index in [1.807, 2.05) is 72.8 Å². The molecule has 0 spiro atoms. The third kappa shape index (κ3) is 5.32. The second kappa shape index (κ2) is 11.5. The van der Waals surface area contributed by atoms with Crippen LogP contribution in [0.3, 0.4) is 0 Å². The Hall–Kier alpha value is -4.88. The van der Waals surface area contributed by atoms with Crippen LogP contribution in [0.25, 0.3) is 10.8 Å². The van der Waals surface area contributed by atoms with Gasteiger partial charge < -0.3 is 20.2 Å². The first-order valence-corrected chi connectivity index (χ1v) is 12.9. The van der Waals surface area contributed by atoms with E-state index >= 15 is 0 Å². The second-order valence-corrected chi connectivity index (χ2v) is 9.77. The van der Waals surface area contributed by atoms with E-state index in [-0.39, 0.29) is 32.7 Å². The summed E-state index contributed by atoms with van der Waals surface area (Å²) >= 11 is 0. The Bertz CT molecular complexity index is 1480. The molecule has 4 amide bonds. The summed E-state index contributed by atoms with van der Waals surface area (Å²) in [7, 11) is 0. The lowest BCUT2D eigenvalue weighted by Gasteiger charge is -2.54. The second-order valence-electron chi connectivity index (χ2n) is 9.77. The van der Waals surface area contributed by atoms with Crippen LogP contribution in [0.15, 0.2) is 72.8 Å². The maximum absolute atomic E-state index is 13.7. The van der Waals surface area contributed by atoms with Crippen LogP contribution in [-0.2, 0) is 27.5 Å². The van der Waals surface area contributed by atoms with Crippen molar-refractivity contribution in [3.8, 4) is 12.3 Å². The number of carbonyl (C=O) groups excluding carboxylic acids is 3. The van der Waals surface area contributed by atoms with E-state index in [0.29, 0.717) is 0 Å². The number of piperazine rings is 1. The molecule has 2 aliphatic heterocycles. The lowest BCUT2D eigenvalue weighted by atomic mass is 10.0. The molecule has 2 aliphatic rings. The highest BCUT2D eigenvalue weighted by Gasteiger charge is 2.51. The zero-order chi connectivity index (χ0) is 28.2. The van der Waals surface area contributed by atoms with Crippen molar-refractivity contribution in [3.63, 3.8) is 0 Å². The van der Waals surface area contributed by atoms with Crippen molar-refractivity contribution >= 4 is 34.6 Å². The number of carboxylic acids is 1. The fourth-order valence-corrected chi connectivity index (χ4v) is 5.44. The van der Waals surface area contributed by atoms with Crippen LogP contribution in [0.4, 0.5) is 4.79 Å². The maximum Gasteiger partial charge on any atom is 0.334 e. The van der Waals surface area contributed by atoms with Crippen molar-refractivity contribution in [2.75, 3.05) is 19.6 Å². The van der Waals surface area contributed by atoms with Gasteiger partial charge in [0.15, 0.2) is 0 Å². The van der Waals surface area contributed by atoms with Crippen LogP contribution in [0.5, 0.6) is 0 Å². The minimum absolute atomic E-state index is 0.0102. The summed E-state index contributed by atoms with van der Waals surface area (Å²) in [4.78, 5) is 55.3. The van der Waals surface area contributed by atoms with Crippen molar-refractivity contribution in [2.24, 2.45) is 0 Å². The molecule has 40 heavy (non-hydrogen) atoms. The Labute approximate surface area is 231 Å². The first-order valence-electron chi connectivity index (χ1n) is 12.9. The molecule has 10 heteroatoms. The quantitative estimate of drug-likeness (QED) is 0.446. The van der Waals surface area contributed by atoms with Crippen molar-refractivity contribution in [2.45, 2.75) is 31.7 Å². The molecular formula is C30H29N5O5. The summed E-state index contributed by atoms with van der Waals surface area (Å²) in [5, 5.41) is 17.3. The number of hydrazine groups is 1. The van der Waals surface area contributed by atoms with Gasteiger partial charge in [0.1, 0.15) is 12.2 Å². The largest absolute Gasteiger partial charge is 0.481 e. The van der Waals surface area contributed by atoms with Crippen LogP contribution in [0.2, 0.25) is 0 Å². The predicted molar refractivity (Wildman–Crippen MR) is 147 cm³/mol. The number of amides is 4. The molecule has 0 bridgehead atoms. The third-order valence-electron chi connectivity index (χ3n) is 7.21. The maximum atomic E-state index is 13.7. The van der Waals surface area contributed by atoms with Crippen LogP contribution in [0.1, 0.15) is 17.5 Å². The van der Waals surface area contributed by atoms with E-state index in [9.17, 15) is 24.3 Å². The van der Waals surface area contributed by atoms with E-state index in [0.717, 1.165) is 21.9 Å². The van der Waals surface area contributed by atoms with Crippen LogP contribution < -0.4 is 5.32 Å². The van der Waals surface area contributed by atoms with E-state index < -0.39 is 42.4 Å². The number of carbonyl (C=O) groups is 4. The van der Waals surface area contributed by atoms with Gasteiger partial charge in [-0.25, -0.2) is 9.80 Å². The first kappa shape index (κ1) is 26.7. The third-order valence-corrected chi connectivity index (χ3v) is 7.21.